The van der Waals surface area contributed by atoms with Gasteiger partial charge in [-0.3, -0.25) is 9.59 Å². The lowest BCUT2D eigenvalue weighted by Gasteiger charge is -2.39. The Morgan fingerprint density at radius 1 is 1.00 bits per heavy atom. The average molecular weight is 572 g/mol. The van der Waals surface area contributed by atoms with Crippen LogP contribution in [0.15, 0.2) is 30.3 Å². The van der Waals surface area contributed by atoms with Gasteiger partial charge in [0.05, 0.1) is 17.6 Å². The van der Waals surface area contributed by atoms with E-state index in [1.165, 1.54) is 12.1 Å². The van der Waals surface area contributed by atoms with Gasteiger partial charge in [0.25, 0.3) is 0 Å². The number of ketones is 1. The van der Waals surface area contributed by atoms with Gasteiger partial charge in [0.15, 0.2) is 5.78 Å². The van der Waals surface area contributed by atoms with E-state index in [1.807, 2.05) is 0 Å². The van der Waals surface area contributed by atoms with Crippen LogP contribution in [0.4, 0.5) is 5.69 Å². The molecule has 12 nitrogen and oxygen atoms in total. The smallest absolute Gasteiger partial charge is 0.235 e. The van der Waals surface area contributed by atoms with Crippen LogP contribution < -0.4 is 10.1 Å². The molecule has 13 heteroatoms. The van der Waals surface area contributed by atoms with Gasteiger partial charge in [-0.05, 0) is 24.1 Å². The lowest BCUT2D eigenvalue weighted by Crippen LogP contribution is -2.60. The molecule has 2 aromatic carbocycles. The second-order valence-corrected chi connectivity index (χ2v) is 8.67. The van der Waals surface area contributed by atoms with E-state index in [2.05, 4.69) is 21.2 Å². The summed E-state index contributed by atoms with van der Waals surface area (Å²) in [5, 5.41) is 72.2. The van der Waals surface area contributed by atoms with Gasteiger partial charge in [-0.25, -0.2) is 0 Å². The normalized spacial score (nSPS) is 23.8. The molecule has 1 fully saturated rings. The van der Waals surface area contributed by atoms with E-state index in [9.17, 15) is 45.3 Å². The number of nitrogens with one attached hydrogen (secondary N) is 1. The van der Waals surface area contributed by atoms with Crippen molar-refractivity contribution in [2.75, 3.05) is 17.3 Å². The molecule has 36 heavy (non-hydrogen) atoms. The van der Waals surface area contributed by atoms with Crippen LogP contribution in [0.3, 0.4) is 0 Å². The number of benzene rings is 2. The number of ether oxygens (including phenoxy) is 2. The fourth-order valence-electron chi connectivity index (χ4n) is 3.65. The summed E-state index contributed by atoms with van der Waals surface area (Å²) in [6, 6.07) is 6.32. The Bertz CT molecular complexity index is 1110. The Balaban J connectivity index is 1.80. The molecule has 1 amide bonds. The van der Waals surface area contributed by atoms with Crippen LogP contribution in [0.2, 0.25) is 0 Å². The molecule has 2 aromatic rings. The van der Waals surface area contributed by atoms with Crippen LogP contribution >= 0.6 is 15.9 Å². The molecule has 1 aliphatic heterocycles. The van der Waals surface area contributed by atoms with Crippen LogP contribution in [0.25, 0.3) is 0 Å². The highest BCUT2D eigenvalue weighted by Crippen LogP contribution is 2.36. The molecule has 0 aliphatic carbocycles. The van der Waals surface area contributed by atoms with Crippen molar-refractivity contribution in [2.45, 2.75) is 43.5 Å². The monoisotopic (exact) mass is 571 g/mol. The molecule has 5 unspecified atom stereocenters. The highest BCUT2D eigenvalue weighted by atomic mass is 79.9. The molecule has 3 rings (SSSR count). The van der Waals surface area contributed by atoms with Crippen LogP contribution in [0.1, 0.15) is 22.3 Å². The number of amides is 1. The molecule has 0 aromatic heterocycles. The third-order valence-electron chi connectivity index (χ3n) is 5.53. The maximum Gasteiger partial charge on any atom is 0.235 e. The number of aliphatic hydroxyl groups is 4. The maximum absolute atomic E-state index is 13.0. The Morgan fingerprint density at radius 2 is 1.72 bits per heavy atom. The van der Waals surface area contributed by atoms with Gasteiger partial charge < -0.3 is 50.5 Å². The number of alkyl halides is 1. The van der Waals surface area contributed by atoms with Gasteiger partial charge in [0.1, 0.15) is 53.0 Å². The molecule has 1 aliphatic rings. The summed E-state index contributed by atoms with van der Waals surface area (Å²) in [7, 11) is 0. The van der Waals surface area contributed by atoms with Crippen molar-refractivity contribution in [3.05, 3.63) is 41.5 Å². The summed E-state index contributed by atoms with van der Waals surface area (Å²) in [5.41, 5.74) is 0.403. The quantitative estimate of drug-likeness (QED) is 0.115. The first-order valence-electron chi connectivity index (χ1n) is 10.8. The predicted octanol–water partition coefficient (Wildman–Crippen LogP) is 0.131. The van der Waals surface area contributed by atoms with Crippen LogP contribution in [-0.4, -0.2) is 90.1 Å². The number of anilines is 1. The summed E-state index contributed by atoms with van der Waals surface area (Å²) >= 11 is 3.01. The summed E-state index contributed by atoms with van der Waals surface area (Å²) in [4.78, 5) is 24.6. The molecule has 5 atom stereocenters. The van der Waals surface area contributed by atoms with E-state index in [4.69, 9.17) is 9.47 Å². The fourth-order valence-corrected chi connectivity index (χ4v) is 3.80. The van der Waals surface area contributed by atoms with E-state index in [0.29, 0.717) is 5.56 Å². The number of carbonyl (C=O) groups is 2. The highest BCUT2D eigenvalue weighted by Gasteiger charge is 2.45. The summed E-state index contributed by atoms with van der Waals surface area (Å²) < 4.78 is 10.8. The minimum Gasteiger partial charge on any atom is -0.508 e. The highest BCUT2D eigenvalue weighted by molar-refractivity contribution is 9.09. The molecule has 1 heterocycles. The number of carbonyl (C=O) groups excluding carboxylic acids is 2. The minimum atomic E-state index is -1.78. The number of aryl methyl sites for hydroxylation is 1. The molecule has 0 saturated carbocycles. The van der Waals surface area contributed by atoms with Crippen molar-refractivity contribution in [3.8, 4) is 23.0 Å². The summed E-state index contributed by atoms with van der Waals surface area (Å²) in [6.07, 6.45) is -8.09. The van der Waals surface area contributed by atoms with Gasteiger partial charge in [0, 0.05) is 18.6 Å². The van der Waals surface area contributed by atoms with Gasteiger partial charge >= 0.3 is 0 Å². The largest absolute Gasteiger partial charge is 0.508 e. The van der Waals surface area contributed by atoms with E-state index < -0.39 is 54.6 Å². The number of aromatic hydroxyl groups is 3. The van der Waals surface area contributed by atoms with Crippen molar-refractivity contribution in [1.82, 2.24) is 0 Å². The second-order valence-electron chi connectivity index (χ2n) is 8.11. The lowest BCUT2D eigenvalue weighted by molar-refractivity contribution is -0.277. The molecule has 0 spiro atoms. The molecular formula is C23H26BrNO11. The summed E-state index contributed by atoms with van der Waals surface area (Å²) in [6.45, 7) is -0.702. The Hall–Kier alpha value is -2.94. The van der Waals surface area contributed by atoms with Gasteiger partial charge in [0.2, 0.25) is 12.2 Å². The zero-order valence-electron chi connectivity index (χ0n) is 18.7. The third-order valence-corrected chi connectivity index (χ3v) is 6.04. The number of hydrogen-bond acceptors (Lipinski definition) is 11. The SMILES string of the molecule is O=C(CBr)Nc1cc(CCC(=O)c2c(O)cc(O)cc2OC2OC(CO)C(O)C(O)C2O)ccc1O. The molecular weight excluding hydrogens is 546 g/mol. The third kappa shape index (κ3) is 6.24. The molecule has 8 N–H and O–H groups in total. The number of aliphatic hydroxyl groups excluding tert-OH is 4. The van der Waals surface area contributed by atoms with Crippen LogP contribution in [0.5, 0.6) is 23.0 Å². The first kappa shape index (κ1) is 27.6. The lowest BCUT2D eigenvalue weighted by atomic mass is 9.98. The van der Waals surface area contributed by atoms with Crippen molar-refractivity contribution in [1.29, 1.82) is 0 Å². The zero-order valence-corrected chi connectivity index (χ0v) is 20.3. The fraction of sp³-hybridized carbons (Fsp3) is 0.391. The number of Topliss-reactive ketones (excluding diaryl/α,β-unsaturated/α-hetero) is 1. The van der Waals surface area contributed by atoms with Crippen LogP contribution in [-0.2, 0) is 16.0 Å². The number of rotatable bonds is 9. The Kier molecular flexibility index (Phi) is 9.11. The standard InChI is InChI=1S/C23H26BrNO11/c24-8-18(31)25-12-5-10(1-3-13(12)28)2-4-14(29)19-15(30)6-11(27)7-16(19)35-23-22(34)21(33)20(32)17(9-26)36-23/h1,3,5-7,17,20-23,26-28,30,32-34H,2,4,8-9H2,(H,25,31). The molecule has 196 valence electrons. The van der Waals surface area contributed by atoms with E-state index >= 15 is 0 Å². The van der Waals surface area contributed by atoms with Crippen molar-refractivity contribution in [2.24, 2.45) is 0 Å². The van der Waals surface area contributed by atoms with Crippen LogP contribution in [0, 0.1) is 0 Å². The first-order chi connectivity index (χ1) is 17.0. The zero-order chi connectivity index (χ0) is 26.6. The predicted molar refractivity (Wildman–Crippen MR) is 127 cm³/mol. The average Bonchev–Trinajstić information content (AvgIpc) is 2.84. The maximum atomic E-state index is 13.0. The Labute approximate surface area is 213 Å². The molecule has 1 saturated heterocycles. The first-order valence-corrected chi connectivity index (χ1v) is 11.9. The van der Waals surface area contributed by atoms with Crippen molar-refractivity contribution >= 4 is 33.3 Å². The van der Waals surface area contributed by atoms with E-state index in [-0.39, 0.29) is 46.8 Å². The van der Waals surface area contributed by atoms with Gasteiger partial charge in [-0.2, -0.15) is 0 Å². The molecule has 0 radical (unpaired) electrons. The molecule has 0 bridgehead atoms. The Morgan fingerprint density at radius 3 is 2.39 bits per heavy atom. The second kappa shape index (κ2) is 11.9. The van der Waals surface area contributed by atoms with Gasteiger partial charge in [-0.1, -0.05) is 22.0 Å². The minimum absolute atomic E-state index is 0.0203. The van der Waals surface area contributed by atoms with E-state index in [0.717, 1.165) is 12.1 Å². The number of hydrogen-bond donors (Lipinski definition) is 8. The van der Waals surface area contributed by atoms with Crippen molar-refractivity contribution < 1.29 is 54.8 Å². The number of phenolic OH excluding ortho intramolecular Hbond substituents is 3. The van der Waals surface area contributed by atoms with E-state index in [1.54, 1.807) is 6.07 Å². The topological polar surface area (TPSA) is 206 Å². The number of phenols is 3. The van der Waals surface area contributed by atoms with Gasteiger partial charge in [-0.15, -0.1) is 0 Å². The number of halogens is 1. The van der Waals surface area contributed by atoms with Crippen molar-refractivity contribution in [3.63, 3.8) is 0 Å². The summed E-state index contributed by atoms with van der Waals surface area (Å²) in [5.74, 6) is -2.61.